The fourth-order valence-electron chi connectivity index (χ4n) is 1.62. The lowest BCUT2D eigenvalue weighted by atomic mass is 10.2. The Balaban J connectivity index is 1.71. The monoisotopic (exact) mass is 338 g/mol. The molecule has 1 aromatic heterocycles. The van der Waals surface area contributed by atoms with E-state index < -0.39 is 0 Å². The van der Waals surface area contributed by atoms with Gasteiger partial charge in [0.1, 0.15) is 0 Å². The molecule has 17 heavy (non-hydrogen) atoms. The van der Waals surface area contributed by atoms with Gasteiger partial charge in [-0.1, -0.05) is 12.1 Å². The van der Waals surface area contributed by atoms with Crippen LogP contribution < -0.4 is 5.32 Å². The predicted molar refractivity (Wildman–Crippen MR) is 78.8 cm³/mol. The number of hydrogen-bond acceptors (Lipinski definition) is 2. The molecule has 0 aliphatic rings. The minimum Gasteiger partial charge on any atom is -0.312 e. The average molecular weight is 338 g/mol. The van der Waals surface area contributed by atoms with Crippen LogP contribution in [0.3, 0.4) is 0 Å². The number of pyridine rings is 1. The van der Waals surface area contributed by atoms with Crippen molar-refractivity contribution in [3.8, 4) is 0 Å². The number of aromatic nitrogens is 1. The van der Waals surface area contributed by atoms with Crippen LogP contribution in [0.5, 0.6) is 0 Å². The normalized spacial score (nSPS) is 10.4. The van der Waals surface area contributed by atoms with Crippen molar-refractivity contribution in [2.75, 3.05) is 6.54 Å². The van der Waals surface area contributed by atoms with Crippen LogP contribution in [0, 0.1) is 3.57 Å². The van der Waals surface area contributed by atoms with Crippen molar-refractivity contribution in [3.05, 3.63) is 63.5 Å². The molecule has 0 spiro atoms. The van der Waals surface area contributed by atoms with E-state index in [1.807, 2.05) is 12.4 Å². The summed E-state index contributed by atoms with van der Waals surface area (Å²) >= 11 is 2.32. The second-order valence-electron chi connectivity index (χ2n) is 3.91. The third-order valence-corrected chi connectivity index (χ3v) is 3.30. The SMILES string of the molecule is Ic1ccc(CNCCc2ccncc2)cc1. The van der Waals surface area contributed by atoms with Crippen LogP contribution >= 0.6 is 22.6 Å². The zero-order chi connectivity index (χ0) is 11.9. The number of benzene rings is 1. The highest BCUT2D eigenvalue weighted by molar-refractivity contribution is 14.1. The van der Waals surface area contributed by atoms with E-state index in [1.165, 1.54) is 14.7 Å². The Labute approximate surface area is 116 Å². The van der Waals surface area contributed by atoms with Gasteiger partial charge >= 0.3 is 0 Å². The maximum absolute atomic E-state index is 4.01. The molecule has 2 nitrogen and oxygen atoms in total. The molecule has 0 saturated carbocycles. The van der Waals surface area contributed by atoms with Gasteiger partial charge in [0.05, 0.1) is 0 Å². The number of rotatable bonds is 5. The van der Waals surface area contributed by atoms with Gasteiger partial charge in [-0.05, 0) is 70.9 Å². The molecular weight excluding hydrogens is 323 g/mol. The predicted octanol–water partition coefficient (Wildman–Crippen LogP) is 3.02. The summed E-state index contributed by atoms with van der Waals surface area (Å²) in [6, 6.07) is 12.7. The highest BCUT2D eigenvalue weighted by atomic mass is 127. The van der Waals surface area contributed by atoms with Gasteiger partial charge in [0.25, 0.3) is 0 Å². The van der Waals surface area contributed by atoms with E-state index in [1.54, 1.807) is 0 Å². The van der Waals surface area contributed by atoms with E-state index in [4.69, 9.17) is 0 Å². The van der Waals surface area contributed by atoms with Gasteiger partial charge in [0, 0.05) is 22.5 Å². The van der Waals surface area contributed by atoms with Gasteiger partial charge in [-0.25, -0.2) is 0 Å². The summed E-state index contributed by atoms with van der Waals surface area (Å²) in [5.41, 5.74) is 2.66. The lowest BCUT2D eigenvalue weighted by Gasteiger charge is -2.05. The fourth-order valence-corrected chi connectivity index (χ4v) is 1.98. The second kappa shape index (κ2) is 6.71. The lowest BCUT2D eigenvalue weighted by Crippen LogP contribution is -2.16. The molecule has 0 radical (unpaired) electrons. The van der Waals surface area contributed by atoms with Crippen LogP contribution in [0.4, 0.5) is 0 Å². The second-order valence-corrected chi connectivity index (χ2v) is 5.15. The maximum atomic E-state index is 4.01. The number of nitrogens with one attached hydrogen (secondary N) is 1. The average Bonchev–Trinajstić information content (AvgIpc) is 2.38. The Morgan fingerprint density at radius 2 is 1.65 bits per heavy atom. The molecule has 2 rings (SSSR count). The van der Waals surface area contributed by atoms with E-state index in [2.05, 4.69) is 69.3 Å². The standard InChI is InChI=1S/C14H15IN2/c15-14-3-1-13(2-4-14)11-17-10-7-12-5-8-16-9-6-12/h1-6,8-9,17H,7,10-11H2. The molecule has 3 heteroatoms. The maximum Gasteiger partial charge on any atom is 0.0270 e. The van der Waals surface area contributed by atoms with Crippen LogP contribution in [-0.4, -0.2) is 11.5 Å². The van der Waals surface area contributed by atoms with E-state index in [0.29, 0.717) is 0 Å². The summed E-state index contributed by atoms with van der Waals surface area (Å²) in [6.07, 6.45) is 4.73. The van der Waals surface area contributed by atoms with Crippen molar-refractivity contribution >= 4 is 22.6 Å². The Kier molecular flexibility index (Phi) is 4.94. The largest absolute Gasteiger partial charge is 0.312 e. The minimum atomic E-state index is 0.933. The summed E-state index contributed by atoms with van der Waals surface area (Å²) in [4.78, 5) is 4.01. The zero-order valence-corrected chi connectivity index (χ0v) is 11.7. The zero-order valence-electron chi connectivity index (χ0n) is 9.57. The van der Waals surface area contributed by atoms with E-state index in [-0.39, 0.29) is 0 Å². The first kappa shape index (κ1) is 12.5. The van der Waals surface area contributed by atoms with Crippen LogP contribution in [-0.2, 0) is 13.0 Å². The first-order chi connectivity index (χ1) is 8.34. The van der Waals surface area contributed by atoms with Crippen LogP contribution in [0.25, 0.3) is 0 Å². The molecular formula is C14H15IN2. The first-order valence-electron chi connectivity index (χ1n) is 5.68. The molecule has 1 N–H and O–H groups in total. The van der Waals surface area contributed by atoms with Gasteiger partial charge in [0.15, 0.2) is 0 Å². The summed E-state index contributed by atoms with van der Waals surface area (Å²) < 4.78 is 1.28. The van der Waals surface area contributed by atoms with Crippen LogP contribution in [0.1, 0.15) is 11.1 Å². The van der Waals surface area contributed by atoms with E-state index in [0.717, 1.165) is 19.5 Å². The van der Waals surface area contributed by atoms with Crippen molar-refractivity contribution in [3.63, 3.8) is 0 Å². The van der Waals surface area contributed by atoms with Crippen molar-refractivity contribution in [2.45, 2.75) is 13.0 Å². The summed E-state index contributed by atoms with van der Waals surface area (Å²) in [6.45, 7) is 1.93. The molecule has 1 aromatic carbocycles. The van der Waals surface area contributed by atoms with Gasteiger partial charge in [-0.2, -0.15) is 0 Å². The highest BCUT2D eigenvalue weighted by Crippen LogP contribution is 2.06. The molecule has 0 fully saturated rings. The van der Waals surface area contributed by atoms with Crippen molar-refractivity contribution < 1.29 is 0 Å². The van der Waals surface area contributed by atoms with Crippen LogP contribution in [0.2, 0.25) is 0 Å². The van der Waals surface area contributed by atoms with Gasteiger partial charge in [0.2, 0.25) is 0 Å². The summed E-state index contributed by atoms with van der Waals surface area (Å²) in [5, 5.41) is 3.45. The minimum absolute atomic E-state index is 0.933. The van der Waals surface area contributed by atoms with Crippen molar-refractivity contribution in [1.29, 1.82) is 0 Å². The van der Waals surface area contributed by atoms with Crippen molar-refractivity contribution in [2.24, 2.45) is 0 Å². The highest BCUT2D eigenvalue weighted by Gasteiger charge is 1.94. The molecule has 0 bridgehead atoms. The molecule has 0 aliphatic carbocycles. The van der Waals surface area contributed by atoms with E-state index >= 15 is 0 Å². The topological polar surface area (TPSA) is 24.9 Å². The summed E-state index contributed by atoms with van der Waals surface area (Å²) in [5.74, 6) is 0. The molecule has 1 heterocycles. The quantitative estimate of drug-likeness (QED) is 0.670. The third kappa shape index (κ3) is 4.44. The molecule has 0 amide bonds. The molecule has 0 aliphatic heterocycles. The number of halogens is 1. The Hall–Kier alpha value is -0.940. The lowest BCUT2D eigenvalue weighted by molar-refractivity contribution is 0.686. The Morgan fingerprint density at radius 1 is 0.941 bits per heavy atom. The first-order valence-corrected chi connectivity index (χ1v) is 6.76. The van der Waals surface area contributed by atoms with Gasteiger partial charge < -0.3 is 5.32 Å². The fraction of sp³-hybridized carbons (Fsp3) is 0.214. The molecule has 0 saturated heterocycles. The van der Waals surface area contributed by atoms with Crippen LogP contribution in [0.15, 0.2) is 48.8 Å². The van der Waals surface area contributed by atoms with Gasteiger partial charge in [-0.3, -0.25) is 4.98 Å². The Bertz CT molecular complexity index is 440. The summed E-state index contributed by atoms with van der Waals surface area (Å²) in [7, 11) is 0. The number of hydrogen-bond donors (Lipinski definition) is 1. The molecule has 0 atom stereocenters. The number of nitrogens with zero attached hydrogens (tertiary/aromatic N) is 1. The Morgan fingerprint density at radius 3 is 2.35 bits per heavy atom. The molecule has 0 unspecified atom stereocenters. The van der Waals surface area contributed by atoms with E-state index in [9.17, 15) is 0 Å². The third-order valence-electron chi connectivity index (χ3n) is 2.58. The van der Waals surface area contributed by atoms with Crippen molar-refractivity contribution in [1.82, 2.24) is 10.3 Å². The van der Waals surface area contributed by atoms with Gasteiger partial charge in [-0.15, -0.1) is 0 Å². The molecule has 2 aromatic rings. The smallest absolute Gasteiger partial charge is 0.0270 e. The molecule has 88 valence electrons.